The Morgan fingerprint density at radius 1 is 1.15 bits per heavy atom. The van der Waals surface area contributed by atoms with Gasteiger partial charge in [0.15, 0.2) is 0 Å². The Morgan fingerprint density at radius 2 is 1.96 bits per heavy atom. The number of ether oxygens (including phenoxy) is 1. The van der Waals surface area contributed by atoms with Crippen LogP contribution in [-0.4, -0.2) is 103 Å². The number of likely N-dealkylation sites (N-methyl/N-ethyl adjacent to an activating group) is 2. The maximum absolute atomic E-state index is 12.9. The van der Waals surface area contributed by atoms with Crippen molar-refractivity contribution >= 4 is 11.7 Å². The first-order valence-electron chi connectivity index (χ1n) is 9.94. The second-order valence-corrected chi connectivity index (χ2v) is 7.89. The van der Waals surface area contributed by atoms with Crippen LogP contribution in [0.1, 0.15) is 17.7 Å². The van der Waals surface area contributed by atoms with Gasteiger partial charge in [-0.15, -0.1) is 0 Å². The molecule has 0 bridgehead atoms. The van der Waals surface area contributed by atoms with Crippen molar-refractivity contribution in [2.45, 2.75) is 25.4 Å². The number of hydrogen-bond acceptors (Lipinski definition) is 7. The summed E-state index contributed by atoms with van der Waals surface area (Å²) < 4.78 is 5.46. The summed E-state index contributed by atoms with van der Waals surface area (Å²) in [5.74, 6) is 1.27. The molecule has 1 atom stereocenters. The van der Waals surface area contributed by atoms with Crippen LogP contribution >= 0.6 is 0 Å². The zero-order valence-corrected chi connectivity index (χ0v) is 16.4. The molecule has 0 aromatic carbocycles. The van der Waals surface area contributed by atoms with Crippen molar-refractivity contribution in [3.63, 3.8) is 0 Å². The number of carbonyl (C=O) groups excluding carboxylic acids is 1. The van der Waals surface area contributed by atoms with Crippen LogP contribution in [-0.2, 0) is 22.5 Å². The van der Waals surface area contributed by atoms with E-state index in [1.54, 1.807) is 6.33 Å². The normalized spacial score (nSPS) is 24.7. The Morgan fingerprint density at radius 3 is 2.78 bits per heavy atom. The standard InChI is InChI=1S/C19H30N6O2/c1-22-5-6-23(2)15(12-22)11-18(26)25-4-3-16-17(13-25)20-14-21-19(16)24-7-9-27-10-8-24/h14-15H,3-13H2,1-2H3. The van der Waals surface area contributed by atoms with Gasteiger partial charge in [0.2, 0.25) is 5.91 Å². The summed E-state index contributed by atoms with van der Waals surface area (Å²) in [5, 5.41) is 0. The van der Waals surface area contributed by atoms with Crippen LogP contribution < -0.4 is 4.90 Å². The van der Waals surface area contributed by atoms with Gasteiger partial charge in [-0.2, -0.15) is 0 Å². The third-order valence-electron chi connectivity index (χ3n) is 6.04. The van der Waals surface area contributed by atoms with Gasteiger partial charge in [-0.05, 0) is 20.5 Å². The lowest BCUT2D eigenvalue weighted by molar-refractivity contribution is -0.134. The van der Waals surface area contributed by atoms with Gasteiger partial charge in [-0.1, -0.05) is 0 Å². The number of piperazine rings is 1. The number of morpholine rings is 1. The van der Waals surface area contributed by atoms with Gasteiger partial charge in [-0.3, -0.25) is 4.79 Å². The first-order chi connectivity index (χ1) is 13.1. The van der Waals surface area contributed by atoms with Crippen molar-refractivity contribution in [1.82, 2.24) is 24.7 Å². The van der Waals surface area contributed by atoms with Crippen LogP contribution in [0.15, 0.2) is 6.33 Å². The van der Waals surface area contributed by atoms with Gasteiger partial charge in [0.1, 0.15) is 12.1 Å². The lowest BCUT2D eigenvalue weighted by Gasteiger charge is -2.39. The fourth-order valence-corrected chi connectivity index (χ4v) is 4.25. The molecule has 4 heterocycles. The lowest BCUT2D eigenvalue weighted by atomic mass is 10.0. The predicted octanol–water partition coefficient (Wildman–Crippen LogP) is -0.166. The number of nitrogens with zero attached hydrogens (tertiary/aromatic N) is 6. The van der Waals surface area contributed by atoms with E-state index in [-0.39, 0.29) is 5.91 Å². The van der Waals surface area contributed by atoms with Crippen molar-refractivity contribution in [3.8, 4) is 0 Å². The van der Waals surface area contributed by atoms with Crippen LogP contribution in [0.3, 0.4) is 0 Å². The molecule has 2 fully saturated rings. The van der Waals surface area contributed by atoms with Gasteiger partial charge in [0.05, 0.1) is 25.5 Å². The van der Waals surface area contributed by atoms with E-state index in [0.29, 0.717) is 19.0 Å². The largest absolute Gasteiger partial charge is 0.378 e. The molecule has 0 radical (unpaired) electrons. The van der Waals surface area contributed by atoms with E-state index in [1.165, 1.54) is 5.56 Å². The number of anilines is 1. The van der Waals surface area contributed by atoms with E-state index in [2.05, 4.69) is 38.8 Å². The highest BCUT2D eigenvalue weighted by Crippen LogP contribution is 2.26. The molecule has 148 valence electrons. The third-order valence-corrected chi connectivity index (χ3v) is 6.04. The Balaban J connectivity index is 1.43. The molecule has 3 aliphatic heterocycles. The second kappa shape index (κ2) is 8.08. The summed E-state index contributed by atoms with van der Waals surface area (Å²) in [7, 11) is 4.25. The quantitative estimate of drug-likeness (QED) is 0.728. The summed E-state index contributed by atoms with van der Waals surface area (Å²) >= 11 is 0. The minimum Gasteiger partial charge on any atom is -0.378 e. The van der Waals surface area contributed by atoms with Crippen LogP contribution in [0.4, 0.5) is 5.82 Å². The third kappa shape index (κ3) is 4.07. The molecule has 4 rings (SSSR count). The summed E-state index contributed by atoms with van der Waals surface area (Å²) in [6.07, 6.45) is 3.05. The Bertz CT molecular complexity index is 678. The van der Waals surface area contributed by atoms with Crippen molar-refractivity contribution in [3.05, 3.63) is 17.6 Å². The van der Waals surface area contributed by atoms with Gasteiger partial charge >= 0.3 is 0 Å². The maximum atomic E-state index is 12.9. The van der Waals surface area contributed by atoms with Crippen LogP contribution in [0.2, 0.25) is 0 Å². The first-order valence-corrected chi connectivity index (χ1v) is 9.94. The zero-order valence-electron chi connectivity index (χ0n) is 16.4. The summed E-state index contributed by atoms with van der Waals surface area (Å²) in [4.78, 5) is 30.8. The molecule has 2 saturated heterocycles. The van der Waals surface area contributed by atoms with E-state index in [0.717, 1.165) is 70.4 Å². The van der Waals surface area contributed by atoms with Gasteiger partial charge in [0.25, 0.3) is 0 Å². The Labute approximate surface area is 161 Å². The molecule has 0 spiro atoms. The van der Waals surface area contributed by atoms with E-state index >= 15 is 0 Å². The minimum absolute atomic E-state index is 0.235. The van der Waals surface area contributed by atoms with Gasteiger partial charge in [0, 0.05) is 57.3 Å². The molecule has 1 amide bonds. The Kier molecular flexibility index (Phi) is 5.56. The fourth-order valence-electron chi connectivity index (χ4n) is 4.25. The number of hydrogen-bond donors (Lipinski definition) is 0. The van der Waals surface area contributed by atoms with E-state index in [1.807, 2.05) is 4.90 Å². The molecule has 1 aromatic rings. The molecule has 1 aromatic heterocycles. The highest BCUT2D eigenvalue weighted by molar-refractivity contribution is 5.77. The average molecular weight is 374 g/mol. The number of rotatable bonds is 3. The van der Waals surface area contributed by atoms with Crippen molar-refractivity contribution in [1.29, 1.82) is 0 Å². The molecular formula is C19H30N6O2. The topological polar surface area (TPSA) is 65.0 Å². The molecular weight excluding hydrogens is 344 g/mol. The molecule has 8 nitrogen and oxygen atoms in total. The van der Waals surface area contributed by atoms with Crippen molar-refractivity contribution < 1.29 is 9.53 Å². The van der Waals surface area contributed by atoms with Crippen LogP contribution in [0.25, 0.3) is 0 Å². The van der Waals surface area contributed by atoms with E-state index in [4.69, 9.17) is 4.74 Å². The molecule has 0 aliphatic carbocycles. The van der Waals surface area contributed by atoms with Gasteiger partial charge < -0.3 is 24.3 Å². The maximum Gasteiger partial charge on any atom is 0.224 e. The van der Waals surface area contributed by atoms with Crippen LogP contribution in [0.5, 0.6) is 0 Å². The monoisotopic (exact) mass is 374 g/mol. The number of aromatic nitrogens is 2. The smallest absolute Gasteiger partial charge is 0.224 e. The molecule has 3 aliphatic rings. The van der Waals surface area contributed by atoms with E-state index < -0.39 is 0 Å². The number of carbonyl (C=O) groups is 1. The zero-order chi connectivity index (χ0) is 18.8. The van der Waals surface area contributed by atoms with Crippen LogP contribution in [0, 0.1) is 0 Å². The summed E-state index contributed by atoms with van der Waals surface area (Å²) in [6.45, 7) is 7.62. The molecule has 1 unspecified atom stereocenters. The minimum atomic E-state index is 0.235. The molecule has 0 saturated carbocycles. The fraction of sp³-hybridized carbons (Fsp3) is 0.737. The number of fused-ring (bicyclic) bond motifs is 1. The molecule has 8 heteroatoms. The van der Waals surface area contributed by atoms with E-state index in [9.17, 15) is 4.79 Å². The van der Waals surface area contributed by atoms with Crippen molar-refractivity contribution in [2.75, 3.05) is 71.5 Å². The number of amides is 1. The second-order valence-electron chi connectivity index (χ2n) is 7.89. The van der Waals surface area contributed by atoms with Gasteiger partial charge in [-0.25, -0.2) is 9.97 Å². The lowest BCUT2D eigenvalue weighted by Crippen LogP contribution is -2.52. The van der Waals surface area contributed by atoms with Crippen molar-refractivity contribution in [2.24, 2.45) is 0 Å². The predicted molar refractivity (Wildman–Crippen MR) is 103 cm³/mol. The summed E-state index contributed by atoms with van der Waals surface area (Å²) in [6, 6.07) is 0.298. The highest BCUT2D eigenvalue weighted by atomic mass is 16.5. The molecule has 27 heavy (non-hydrogen) atoms. The first kappa shape index (κ1) is 18.6. The summed E-state index contributed by atoms with van der Waals surface area (Å²) in [5.41, 5.74) is 2.21. The Hall–Kier alpha value is -1.77. The average Bonchev–Trinajstić information content (AvgIpc) is 2.70. The molecule has 0 N–H and O–H groups in total. The SMILES string of the molecule is CN1CCN(C)C(CC(=O)N2CCc3c(ncnc3N3CCOCC3)C2)C1. The highest BCUT2D eigenvalue weighted by Gasteiger charge is 2.30.